The molecule has 26 heavy (non-hydrogen) atoms. The number of hydrogen-bond donors (Lipinski definition) is 3. The molecule has 1 rings (SSSR count). The molecule has 0 saturated carbocycles. The van der Waals surface area contributed by atoms with Gasteiger partial charge < -0.3 is 20.5 Å². The van der Waals surface area contributed by atoms with Gasteiger partial charge in [-0.05, 0) is 32.8 Å². The van der Waals surface area contributed by atoms with Gasteiger partial charge in [0.2, 0.25) is 5.91 Å². The van der Waals surface area contributed by atoms with Crippen LogP contribution in [-0.2, 0) is 25.5 Å². The fourth-order valence-electron chi connectivity index (χ4n) is 2.09. The zero-order valence-corrected chi connectivity index (χ0v) is 15.1. The van der Waals surface area contributed by atoms with E-state index in [9.17, 15) is 19.2 Å². The third-order valence-corrected chi connectivity index (χ3v) is 3.21. The number of hydrogen-bond acceptors (Lipinski definition) is 5. The summed E-state index contributed by atoms with van der Waals surface area (Å²) in [6.45, 7) is 4.08. The first-order valence-electron chi connectivity index (χ1n) is 8.11. The number of amides is 2. The first kappa shape index (κ1) is 21.1. The lowest BCUT2D eigenvalue weighted by molar-refractivity contribution is -0.140. The molecule has 1 aromatic carbocycles. The summed E-state index contributed by atoms with van der Waals surface area (Å²) in [5.41, 5.74) is 0.0312. The molecular weight excluding hydrogens is 340 g/mol. The van der Waals surface area contributed by atoms with Gasteiger partial charge in [0.1, 0.15) is 18.1 Å². The Morgan fingerprint density at radius 3 is 2.19 bits per heavy atom. The molecule has 142 valence electrons. The number of aliphatic carboxylic acids is 1. The molecule has 1 unspecified atom stereocenters. The number of carboxylic acid groups (broad SMARTS) is 1. The van der Waals surface area contributed by atoms with E-state index in [-0.39, 0.29) is 6.42 Å². The minimum absolute atomic E-state index is 0.0983. The maximum Gasteiger partial charge on any atom is 0.408 e. The highest BCUT2D eigenvalue weighted by Gasteiger charge is 2.28. The molecular formula is C18H24N2O6. The molecule has 0 radical (unpaired) electrons. The van der Waals surface area contributed by atoms with Crippen LogP contribution in [0.1, 0.15) is 26.3 Å². The Morgan fingerprint density at radius 2 is 1.65 bits per heavy atom. The normalized spacial score (nSPS) is 12.0. The SMILES string of the molecule is CC(C)(C)OC(=O)NCC(=O)C(Cc1ccccc1)C(=O)NCC(=O)O. The molecule has 0 saturated heterocycles. The van der Waals surface area contributed by atoms with Crippen LogP contribution in [0.2, 0.25) is 0 Å². The van der Waals surface area contributed by atoms with Crippen molar-refractivity contribution in [3.63, 3.8) is 0 Å². The minimum Gasteiger partial charge on any atom is -0.480 e. The standard InChI is InChI=1S/C18H24N2O6/c1-18(2,3)26-17(25)20-10-14(21)13(16(24)19-11-15(22)23)9-12-7-5-4-6-8-12/h4-8,13H,9-11H2,1-3H3,(H,19,24)(H,20,25)(H,22,23). The van der Waals surface area contributed by atoms with Crippen molar-refractivity contribution in [2.45, 2.75) is 32.8 Å². The van der Waals surface area contributed by atoms with E-state index >= 15 is 0 Å². The van der Waals surface area contributed by atoms with Gasteiger partial charge in [-0.25, -0.2) is 4.79 Å². The summed E-state index contributed by atoms with van der Waals surface area (Å²) in [6, 6.07) is 8.85. The highest BCUT2D eigenvalue weighted by atomic mass is 16.6. The Kier molecular flexibility index (Phi) is 7.77. The zero-order chi connectivity index (χ0) is 19.7. The Morgan fingerprint density at radius 1 is 1.04 bits per heavy atom. The van der Waals surface area contributed by atoms with Gasteiger partial charge in [-0.15, -0.1) is 0 Å². The number of rotatable bonds is 8. The van der Waals surface area contributed by atoms with Crippen LogP contribution in [0.15, 0.2) is 30.3 Å². The third-order valence-electron chi connectivity index (χ3n) is 3.21. The molecule has 3 N–H and O–H groups in total. The van der Waals surface area contributed by atoms with Crippen molar-refractivity contribution < 1.29 is 29.0 Å². The van der Waals surface area contributed by atoms with E-state index in [1.54, 1.807) is 51.1 Å². The molecule has 0 aliphatic carbocycles. The number of ketones is 1. The van der Waals surface area contributed by atoms with E-state index < -0.39 is 48.4 Å². The second-order valence-electron chi connectivity index (χ2n) is 6.68. The van der Waals surface area contributed by atoms with Crippen molar-refractivity contribution in [2.75, 3.05) is 13.1 Å². The van der Waals surface area contributed by atoms with Crippen LogP contribution >= 0.6 is 0 Å². The molecule has 8 nitrogen and oxygen atoms in total. The number of carboxylic acids is 1. The van der Waals surface area contributed by atoms with E-state index in [4.69, 9.17) is 9.84 Å². The molecule has 0 aromatic heterocycles. The quantitative estimate of drug-likeness (QED) is 0.595. The summed E-state index contributed by atoms with van der Waals surface area (Å²) in [4.78, 5) is 46.9. The van der Waals surface area contributed by atoms with Crippen LogP contribution in [-0.4, -0.2) is 47.6 Å². The number of Topliss-reactive ketones (excluding diaryl/α,β-unsaturated/α-hetero) is 1. The van der Waals surface area contributed by atoms with Gasteiger partial charge in [0.15, 0.2) is 5.78 Å². The summed E-state index contributed by atoms with van der Waals surface area (Å²) in [6.07, 6.45) is -0.670. The largest absolute Gasteiger partial charge is 0.480 e. The molecule has 0 heterocycles. The van der Waals surface area contributed by atoms with Crippen molar-refractivity contribution in [3.05, 3.63) is 35.9 Å². The Labute approximate surface area is 151 Å². The smallest absolute Gasteiger partial charge is 0.408 e. The number of nitrogens with one attached hydrogen (secondary N) is 2. The maximum atomic E-state index is 12.4. The molecule has 0 fully saturated rings. The van der Waals surface area contributed by atoms with Gasteiger partial charge in [-0.2, -0.15) is 0 Å². The van der Waals surface area contributed by atoms with Gasteiger partial charge in [-0.1, -0.05) is 30.3 Å². The zero-order valence-electron chi connectivity index (χ0n) is 15.1. The van der Waals surface area contributed by atoms with E-state index in [1.165, 1.54) is 0 Å². The fraction of sp³-hybridized carbons (Fsp3) is 0.444. The van der Waals surface area contributed by atoms with Crippen LogP contribution in [0, 0.1) is 5.92 Å². The molecule has 8 heteroatoms. The van der Waals surface area contributed by atoms with Gasteiger partial charge in [0.25, 0.3) is 0 Å². The monoisotopic (exact) mass is 364 g/mol. The highest BCUT2D eigenvalue weighted by molar-refractivity contribution is 6.03. The lowest BCUT2D eigenvalue weighted by atomic mass is 9.94. The number of alkyl carbamates (subject to hydrolysis) is 1. The van der Waals surface area contributed by atoms with E-state index in [2.05, 4.69) is 10.6 Å². The molecule has 1 aromatic rings. The van der Waals surface area contributed by atoms with Crippen molar-refractivity contribution in [1.82, 2.24) is 10.6 Å². The average Bonchev–Trinajstić information content (AvgIpc) is 2.54. The predicted molar refractivity (Wildman–Crippen MR) is 93.5 cm³/mol. The Bertz CT molecular complexity index is 651. The second-order valence-corrected chi connectivity index (χ2v) is 6.68. The summed E-state index contributed by atoms with van der Waals surface area (Å²) in [7, 11) is 0. The third kappa shape index (κ3) is 8.27. The summed E-state index contributed by atoms with van der Waals surface area (Å²) < 4.78 is 5.05. The van der Waals surface area contributed by atoms with Crippen LogP contribution < -0.4 is 10.6 Å². The van der Waals surface area contributed by atoms with E-state index in [0.29, 0.717) is 0 Å². The molecule has 1 atom stereocenters. The van der Waals surface area contributed by atoms with Crippen molar-refractivity contribution in [2.24, 2.45) is 5.92 Å². The topological polar surface area (TPSA) is 122 Å². The van der Waals surface area contributed by atoms with Crippen molar-refractivity contribution >= 4 is 23.8 Å². The summed E-state index contributed by atoms with van der Waals surface area (Å²) in [5, 5.41) is 13.2. The number of ether oxygens (including phenoxy) is 1. The first-order chi connectivity index (χ1) is 12.1. The second kappa shape index (κ2) is 9.55. The van der Waals surface area contributed by atoms with Crippen LogP contribution in [0.4, 0.5) is 4.79 Å². The van der Waals surface area contributed by atoms with Crippen LogP contribution in [0.3, 0.4) is 0 Å². The molecule has 2 amide bonds. The molecule has 0 aliphatic rings. The Hall–Kier alpha value is -2.90. The molecule has 0 spiro atoms. The van der Waals surface area contributed by atoms with Crippen molar-refractivity contribution in [3.8, 4) is 0 Å². The van der Waals surface area contributed by atoms with E-state index in [1.807, 2.05) is 0 Å². The van der Waals surface area contributed by atoms with Gasteiger partial charge in [0.05, 0.1) is 6.54 Å². The average molecular weight is 364 g/mol. The lowest BCUT2D eigenvalue weighted by Crippen LogP contribution is -2.43. The predicted octanol–water partition coefficient (Wildman–Crippen LogP) is 1.14. The first-order valence-corrected chi connectivity index (χ1v) is 8.11. The van der Waals surface area contributed by atoms with E-state index in [0.717, 1.165) is 5.56 Å². The van der Waals surface area contributed by atoms with Gasteiger partial charge >= 0.3 is 12.1 Å². The van der Waals surface area contributed by atoms with Crippen LogP contribution in [0.5, 0.6) is 0 Å². The summed E-state index contributed by atoms with van der Waals surface area (Å²) >= 11 is 0. The number of carbonyl (C=O) groups excluding carboxylic acids is 3. The number of carbonyl (C=O) groups is 4. The minimum atomic E-state index is -1.21. The molecule has 0 aliphatic heterocycles. The van der Waals surface area contributed by atoms with Gasteiger partial charge in [-0.3, -0.25) is 14.4 Å². The van der Waals surface area contributed by atoms with Gasteiger partial charge in [0, 0.05) is 0 Å². The fourth-order valence-corrected chi connectivity index (χ4v) is 2.09. The van der Waals surface area contributed by atoms with Crippen molar-refractivity contribution in [1.29, 1.82) is 0 Å². The molecule has 0 bridgehead atoms. The Balaban J connectivity index is 2.76. The maximum absolute atomic E-state index is 12.4. The summed E-state index contributed by atoms with van der Waals surface area (Å²) in [5.74, 6) is -3.57. The lowest BCUT2D eigenvalue weighted by Gasteiger charge is -2.20. The highest BCUT2D eigenvalue weighted by Crippen LogP contribution is 2.11. The van der Waals surface area contributed by atoms with Crippen LogP contribution in [0.25, 0.3) is 0 Å². The number of benzene rings is 1.